The summed E-state index contributed by atoms with van der Waals surface area (Å²) in [7, 11) is 2.24. The smallest absolute Gasteiger partial charge is 0.0406 e. The minimum Gasteiger partial charge on any atom is -0.329 e. The number of likely N-dealkylation sites (N-methyl/N-ethyl adjacent to an activating group) is 1. The number of hydrogen-bond donors (Lipinski definition) is 1. The lowest BCUT2D eigenvalue weighted by molar-refractivity contribution is -0.00183. The van der Waals surface area contributed by atoms with Crippen molar-refractivity contribution in [2.24, 2.45) is 17.6 Å². The van der Waals surface area contributed by atoms with E-state index in [0.717, 1.165) is 18.1 Å². The quantitative estimate of drug-likeness (QED) is 0.878. The molecule has 1 aromatic rings. The third kappa shape index (κ3) is 3.61. The van der Waals surface area contributed by atoms with Gasteiger partial charge in [-0.05, 0) is 49.4 Å². The van der Waals surface area contributed by atoms with Gasteiger partial charge >= 0.3 is 0 Å². The van der Waals surface area contributed by atoms with Crippen LogP contribution < -0.4 is 5.73 Å². The van der Waals surface area contributed by atoms with Crippen molar-refractivity contribution >= 4 is 11.6 Å². The Hall–Kier alpha value is -0.570. The lowest BCUT2D eigenvalue weighted by atomic mass is 9.67. The van der Waals surface area contributed by atoms with E-state index in [-0.39, 0.29) is 5.54 Å². The normalized spacial score (nSPS) is 26.5. The molecule has 0 bridgehead atoms. The zero-order valence-electron chi connectivity index (χ0n) is 13.6. The lowest BCUT2D eigenvalue weighted by Crippen LogP contribution is -2.59. The molecule has 0 saturated heterocycles. The summed E-state index contributed by atoms with van der Waals surface area (Å²) in [5, 5.41) is 0.799. The van der Waals surface area contributed by atoms with Gasteiger partial charge in [0, 0.05) is 23.7 Å². The standard InChI is InChI=1S/C18H29ClN2/c1-14(2)17-6-4-5-11-18(17,13-20)21(3)12-15-7-9-16(19)10-8-15/h7-10,14,17H,4-6,11-13,20H2,1-3H3. The van der Waals surface area contributed by atoms with Crippen molar-refractivity contribution in [2.75, 3.05) is 13.6 Å². The van der Waals surface area contributed by atoms with Crippen LogP contribution in [0.3, 0.4) is 0 Å². The fourth-order valence-electron chi connectivity index (χ4n) is 4.11. The van der Waals surface area contributed by atoms with Crippen LogP contribution in [0.1, 0.15) is 45.1 Å². The average molecular weight is 309 g/mol. The van der Waals surface area contributed by atoms with E-state index < -0.39 is 0 Å². The van der Waals surface area contributed by atoms with Crippen LogP contribution in [0.25, 0.3) is 0 Å². The van der Waals surface area contributed by atoms with Crippen molar-refractivity contribution in [3.8, 4) is 0 Å². The topological polar surface area (TPSA) is 29.3 Å². The molecule has 1 aromatic carbocycles. The molecule has 1 saturated carbocycles. The van der Waals surface area contributed by atoms with Gasteiger partial charge in [0.25, 0.3) is 0 Å². The zero-order chi connectivity index (χ0) is 15.5. The largest absolute Gasteiger partial charge is 0.329 e. The van der Waals surface area contributed by atoms with E-state index in [0.29, 0.717) is 11.8 Å². The first-order chi connectivity index (χ1) is 9.99. The van der Waals surface area contributed by atoms with Crippen LogP contribution in [0, 0.1) is 11.8 Å². The highest BCUT2D eigenvalue weighted by molar-refractivity contribution is 6.30. The molecule has 0 aliphatic heterocycles. The second-order valence-electron chi connectivity index (χ2n) is 6.89. The maximum absolute atomic E-state index is 6.28. The number of nitrogens with zero attached hydrogens (tertiary/aromatic N) is 1. The summed E-state index contributed by atoms with van der Waals surface area (Å²) in [6.45, 7) is 6.38. The molecular formula is C18H29ClN2. The van der Waals surface area contributed by atoms with E-state index in [1.807, 2.05) is 12.1 Å². The highest BCUT2D eigenvalue weighted by Gasteiger charge is 2.43. The maximum Gasteiger partial charge on any atom is 0.0406 e. The van der Waals surface area contributed by atoms with Gasteiger partial charge in [-0.2, -0.15) is 0 Å². The zero-order valence-corrected chi connectivity index (χ0v) is 14.4. The second kappa shape index (κ2) is 7.13. The van der Waals surface area contributed by atoms with Crippen molar-refractivity contribution in [1.82, 2.24) is 4.90 Å². The maximum atomic E-state index is 6.28. The Morgan fingerprint density at radius 2 is 1.95 bits per heavy atom. The first-order valence-electron chi connectivity index (χ1n) is 8.15. The van der Waals surface area contributed by atoms with Gasteiger partial charge in [0.1, 0.15) is 0 Å². The molecule has 2 rings (SSSR count). The predicted octanol–water partition coefficient (Wildman–Crippen LogP) is 4.32. The molecule has 2 N–H and O–H groups in total. The SMILES string of the molecule is CC(C)C1CCCCC1(CN)N(C)Cc1ccc(Cl)cc1. The van der Waals surface area contributed by atoms with Crippen molar-refractivity contribution in [3.05, 3.63) is 34.9 Å². The molecule has 0 radical (unpaired) electrons. The van der Waals surface area contributed by atoms with E-state index in [1.54, 1.807) is 0 Å². The minimum atomic E-state index is 0.145. The van der Waals surface area contributed by atoms with Crippen LogP contribution in [-0.4, -0.2) is 24.0 Å². The van der Waals surface area contributed by atoms with Crippen LogP contribution in [0.5, 0.6) is 0 Å². The van der Waals surface area contributed by atoms with Crippen LogP contribution >= 0.6 is 11.6 Å². The number of benzene rings is 1. The van der Waals surface area contributed by atoms with Crippen molar-refractivity contribution in [3.63, 3.8) is 0 Å². The van der Waals surface area contributed by atoms with E-state index >= 15 is 0 Å². The molecule has 118 valence electrons. The molecule has 1 aliphatic rings. The molecule has 0 amide bonds. The van der Waals surface area contributed by atoms with E-state index in [4.69, 9.17) is 17.3 Å². The summed E-state index contributed by atoms with van der Waals surface area (Å²) in [4.78, 5) is 2.50. The predicted molar refractivity (Wildman–Crippen MR) is 91.5 cm³/mol. The van der Waals surface area contributed by atoms with Gasteiger partial charge in [-0.25, -0.2) is 0 Å². The molecule has 2 atom stereocenters. The highest BCUT2D eigenvalue weighted by atomic mass is 35.5. The van der Waals surface area contributed by atoms with Crippen LogP contribution in [0.2, 0.25) is 5.02 Å². The van der Waals surface area contributed by atoms with Gasteiger partial charge in [-0.3, -0.25) is 4.90 Å². The monoisotopic (exact) mass is 308 g/mol. The minimum absolute atomic E-state index is 0.145. The number of nitrogens with two attached hydrogens (primary N) is 1. The number of hydrogen-bond acceptors (Lipinski definition) is 2. The summed E-state index contributed by atoms with van der Waals surface area (Å²) >= 11 is 5.98. The molecular weight excluding hydrogens is 280 g/mol. The van der Waals surface area contributed by atoms with Crippen molar-refractivity contribution < 1.29 is 0 Å². The molecule has 0 heterocycles. The summed E-state index contributed by atoms with van der Waals surface area (Å²) in [6.07, 6.45) is 5.17. The van der Waals surface area contributed by atoms with E-state index in [2.05, 4.69) is 37.9 Å². The lowest BCUT2D eigenvalue weighted by Gasteiger charge is -2.51. The molecule has 21 heavy (non-hydrogen) atoms. The third-order valence-corrected chi connectivity index (χ3v) is 5.57. The van der Waals surface area contributed by atoms with Crippen molar-refractivity contribution in [2.45, 2.75) is 51.6 Å². The van der Waals surface area contributed by atoms with Crippen LogP contribution in [0.4, 0.5) is 0 Å². The van der Waals surface area contributed by atoms with Crippen LogP contribution in [-0.2, 0) is 6.54 Å². The Balaban J connectivity index is 2.19. The molecule has 0 aromatic heterocycles. The molecule has 2 unspecified atom stereocenters. The van der Waals surface area contributed by atoms with E-state index in [1.165, 1.54) is 31.2 Å². The Morgan fingerprint density at radius 3 is 2.52 bits per heavy atom. The number of halogens is 1. The summed E-state index contributed by atoms with van der Waals surface area (Å²) in [6, 6.07) is 8.19. The summed E-state index contributed by atoms with van der Waals surface area (Å²) in [5.74, 6) is 1.37. The Kier molecular flexibility index (Phi) is 5.70. The summed E-state index contributed by atoms with van der Waals surface area (Å²) < 4.78 is 0. The fraction of sp³-hybridized carbons (Fsp3) is 0.667. The van der Waals surface area contributed by atoms with Gasteiger partial charge in [0.05, 0.1) is 0 Å². The average Bonchev–Trinajstić information content (AvgIpc) is 2.49. The molecule has 3 heteroatoms. The molecule has 1 fully saturated rings. The Morgan fingerprint density at radius 1 is 1.29 bits per heavy atom. The second-order valence-corrected chi connectivity index (χ2v) is 7.32. The molecule has 1 aliphatic carbocycles. The van der Waals surface area contributed by atoms with E-state index in [9.17, 15) is 0 Å². The van der Waals surface area contributed by atoms with Gasteiger partial charge in [-0.1, -0.05) is 50.4 Å². The Labute approximate surface area is 134 Å². The summed E-state index contributed by atoms with van der Waals surface area (Å²) in [5.41, 5.74) is 7.74. The molecule has 2 nitrogen and oxygen atoms in total. The van der Waals surface area contributed by atoms with Crippen molar-refractivity contribution in [1.29, 1.82) is 0 Å². The van der Waals surface area contributed by atoms with Gasteiger partial charge in [0.15, 0.2) is 0 Å². The van der Waals surface area contributed by atoms with Crippen LogP contribution in [0.15, 0.2) is 24.3 Å². The fourth-order valence-corrected chi connectivity index (χ4v) is 4.23. The Bertz CT molecular complexity index is 443. The number of rotatable bonds is 5. The van der Waals surface area contributed by atoms with Gasteiger partial charge in [-0.15, -0.1) is 0 Å². The highest BCUT2D eigenvalue weighted by Crippen LogP contribution is 2.42. The third-order valence-electron chi connectivity index (χ3n) is 5.32. The van der Waals surface area contributed by atoms with Gasteiger partial charge < -0.3 is 5.73 Å². The van der Waals surface area contributed by atoms with Gasteiger partial charge in [0.2, 0.25) is 0 Å². The first kappa shape index (κ1) is 16.8. The molecule has 0 spiro atoms. The first-order valence-corrected chi connectivity index (χ1v) is 8.53.